The van der Waals surface area contributed by atoms with Crippen LogP contribution in [0.2, 0.25) is 0 Å². The average Bonchev–Trinajstić information content (AvgIpc) is 3.31. The maximum absolute atomic E-state index is 12.7. The molecule has 0 aliphatic heterocycles. The number of anilines is 1. The van der Waals surface area contributed by atoms with E-state index < -0.39 is 0 Å². The van der Waals surface area contributed by atoms with E-state index in [0.717, 1.165) is 11.3 Å². The van der Waals surface area contributed by atoms with Crippen molar-refractivity contribution in [1.29, 1.82) is 0 Å². The molecule has 3 aromatic carbocycles. The van der Waals surface area contributed by atoms with Gasteiger partial charge in [-0.15, -0.1) is 10.2 Å². The van der Waals surface area contributed by atoms with Crippen molar-refractivity contribution in [2.24, 2.45) is 0 Å². The molecule has 0 fully saturated rings. The molecule has 0 aliphatic rings. The number of methoxy groups -OCH3 is 1. The first-order valence-electron chi connectivity index (χ1n) is 10.9. The lowest BCUT2D eigenvalue weighted by Crippen LogP contribution is -2.22. The number of thioether (sulfide) groups is 1. The lowest BCUT2D eigenvalue weighted by atomic mass is 10.2. The first-order valence-corrected chi connectivity index (χ1v) is 11.8. The van der Waals surface area contributed by atoms with Crippen molar-refractivity contribution in [3.05, 3.63) is 84.4 Å². The van der Waals surface area contributed by atoms with Gasteiger partial charge in [0, 0.05) is 36.6 Å². The number of amides is 2. The van der Waals surface area contributed by atoms with E-state index in [1.165, 1.54) is 16.7 Å². The highest BCUT2D eigenvalue weighted by Crippen LogP contribution is 2.29. The van der Waals surface area contributed by atoms with Crippen LogP contribution in [0.3, 0.4) is 0 Å². The Labute approximate surface area is 207 Å². The van der Waals surface area contributed by atoms with Gasteiger partial charge < -0.3 is 15.0 Å². The molecule has 2 amide bonds. The summed E-state index contributed by atoms with van der Waals surface area (Å²) in [7, 11) is 4.99. The zero-order valence-corrected chi connectivity index (χ0v) is 20.5. The van der Waals surface area contributed by atoms with Gasteiger partial charge in [0.2, 0.25) is 5.91 Å². The van der Waals surface area contributed by atoms with Gasteiger partial charge in [-0.05, 0) is 42.5 Å². The van der Waals surface area contributed by atoms with E-state index in [-0.39, 0.29) is 17.6 Å². The standard InChI is InChI=1S/C26H25N5O3S/c1-30(2)25(33)19-10-7-11-20(15-19)27-23(32)17-35-26-29-28-24(18-9-8-14-22(16-18)34-3)31(26)21-12-5-4-6-13-21/h4-16H,17H2,1-3H3,(H,27,32). The molecule has 0 saturated heterocycles. The monoisotopic (exact) mass is 487 g/mol. The third-order valence-corrected chi connectivity index (χ3v) is 6.04. The number of nitrogens with zero attached hydrogens (tertiary/aromatic N) is 4. The van der Waals surface area contributed by atoms with Crippen LogP contribution in [0, 0.1) is 0 Å². The van der Waals surface area contributed by atoms with Gasteiger partial charge in [0.1, 0.15) is 5.75 Å². The van der Waals surface area contributed by atoms with E-state index in [1.807, 2.05) is 59.2 Å². The molecule has 1 N–H and O–H groups in total. The fourth-order valence-corrected chi connectivity index (χ4v) is 4.19. The lowest BCUT2D eigenvalue weighted by molar-refractivity contribution is -0.113. The predicted octanol–water partition coefficient (Wildman–Crippen LogP) is 4.38. The van der Waals surface area contributed by atoms with Gasteiger partial charge in [0.25, 0.3) is 5.91 Å². The largest absolute Gasteiger partial charge is 0.497 e. The Morgan fingerprint density at radius 1 is 0.971 bits per heavy atom. The van der Waals surface area contributed by atoms with Gasteiger partial charge in [-0.3, -0.25) is 14.2 Å². The summed E-state index contributed by atoms with van der Waals surface area (Å²) >= 11 is 1.28. The van der Waals surface area contributed by atoms with Crippen molar-refractivity contribution in [3.63, 3.8) is 0 Å². The highest BCUT2D eigenvalue weighted by Gasteiger charge is 2.18. The van der Waals surface area contributed by atoms with Gasteiger partial charge >= 0.3 is 0 Å². The second-order valence-electron chi connectivity index (χ2n) is 7.83. The Morgan fingerprint density at radius 3 is 2.49 bits per heavy atom. The third kappa shape index (κ3) is 5.70. The molecular weight excluding hydrogens is 462 g/mol. The summed E-state index contributed by atoms with van der Waals surface area (Å²) in [5, 5.41) is 12.2. The minimum Gasteiger partial charge on any atom is -0.497 e. The summed E-state index contributed by atoms with van der Waals surface area (Å²) in [4.78, 5) is 26.4. The number of para-hydroxylation sites is 1. The molecule has 8 nitrogen and oxygen atoms in total. The van der Waals surface area contributed by atoms with Crippen LogP contribution < -0.4 is 10.1 Å². The number of hydrogen-bond acceptors (Lipinski definition) is 6. The second-order valence-corrected chi connectivity index (χ2v) is 8.77. The van der Waals surface area contributed by atoms with Crippen LogP contribution in [0.25, 0.3) is 17.1 Å². The normalized spacial score (nSPS) is 10.6. The molecule has 0 unspecified atom stereocenters. The Morgan fingerprint density at radius 2 is 1.74 bits per heavy atom. The molecular formula is C26H25N5O3S. The summed E-state index contributed by atoms with van der Waals surface area (Å²) in [5.74, 6) is 1.14. The van der Waals surface area contributed by atoms with Gasteiger partial charge in [0.15, 0.2) is 11.0 Å². The summed E-state index contributed by atoms with van der Waals surface area (Å²) in [6.45, 7) is 0. The number of ether oxygens (including phenoxy) is 1. The fraction of sp³-hybridized carbons (Fsp3) is 0.154. The molecule has 35 heavy (non-hydrogen) atoms. The fourth-order valence-electron chi connectivity index (χ4n) is 3.44. The maximum atomic E-state index is 12.7. The van der Waals surface area contributed by atoms with Crippen LogP contribution in [-0.4, -0.2) is 58.4 Å². The smallest absolute Gasteiger partial charge is 0.253 e. The Kier molecular flexibility index (Phi) is 7.47. The van der Waals surface area contributed by atoms with Crippen molar-refractivity contribution in [1.82, 2.24) is 19.7 Å². The highest BCUT2D eigenvalue weighted by molar-refractivity contribution is 7.99. The molecule has 1 aromatic heterocycles. The highest BCUT2D eigenvalue weighted by atomic mass is 32.2. The Bertz CT molecular complexity index is 1340. The number of benzene rings is 3. The van der Waals surface area contributed by atoms with Crippen LogP contribution in [0.15, 0.2) is 84.0 Å². The van der Waals surface area contributed by atoms with Crippen LogP contribution in [-0.2, 0) is 4.79 Å². The topological polar surface area (TPSA) is 89.3 Å². The summed E-state index contributed by atoms with van der Waals surface area (Å²) in [6, 6.07) is 24.2. The number of nitrogens with one attached hydrogen (secondary N) is 1. The van der Waals surface area contributed by atoms with E-state index >= 15 is 0 Å². The predicted molar refractivity (Wildman–Crippen MR) is 137 cm³/mol. The number of hydrogen-bond donors (Lipinski definition) is 1. The van der Waals surface area contributed by atoms with Crippen molar-refractivity contribution < 1.29 is 14.3 Å². The summed E-state index contributed by atoms with van der Waals surface area (Å²) < 4.78 is 7.28. The number of aromatic nitrogens is 3. The van der Waals surface area contributed by atoms with Crippen LogP contribution in [0.1, 0.15) is 10.4 Å². The number of carbonyl (C=O) groups excluding carboxylic acids is 2. The molecule has 0 bridgehead atoms. The van der Waals surface area contributed by atoms with Crippen molar-refractivity contribution in [3.8, 4) is 22.8 Å². The number of carbonyl (C=O) groups is 2. The first kappa shape index (κ1) is 24.0. The molecule has 9 heteroatoms. The third-order valence-electron chi connectivity index (χ3n) is 5.11. The lowest BCUT2D eigenvalue weighted by Gasteiger charge is -2.12. The van der Waals surface area contributed by atoms with Gasteiger partial charge in [-0.1, -0.05) is 48.2 Å². The first-order chi connectivity index (χ1) is 17.0. The molecule has 4 aromatic rings. The van der Waals surface area contributed by atoms with E-state index in [9.17, 15) is 9.59 Å². The summed E-state index contributed by atoms with van der Waals surface area (Å²) in [6.07, 6.45) is 0. The van der Waals surface area contributed by atoms with E-state index in [2.05, 4.69) is 15.5 Å². The second kappa shape index (κ2) is 10.9. The molecule has 0 spiro atoms. The average molecular weight is 488 g/mol. The molecule has 0 radical (unpaired) electrons. The quantitative estimate of drug-likeness (QED) is 0.371. The van der Waals surface area contributed by atoms with Crippen LogP contribution in [0.5, 0.6) is 5.75 Å². The zero-order chi connectivity index (χ0) is 24.8. The van der Waals surface area contributed by atoms with Gasteiger partial charge in [-0.25, -0.2) is 0 Å². The SMILES string of the molecule is COc1cccc(-c2nnc(SCC(=O)Nc3cccc(C(=O)N(C)C)c3)n2-c2ccccc2)c1. The molecule has 1 heterocycles. The maximum Gasteiger partial charge on any atom is 0.253 e. The van der Waals surface area contributed by atoms with Crippen LogP contribution in [0.4, 0.5) is 5.69 Å². The minimum absolute atomic E-state index is 0.120. The summed E-state index contributed by atoms with van der Waals surface area (Å²) in [5.41, 5.74) is 2.80. The van der Waals surface area contributed by atoms with Crippen molar-refractivity contribution >= 4 is 29.3 Å². The Hall–Kier alpha value is -4.11. The zero-order valence-electron chi connectivity index (χ0n) is 19.6. The van der Waals surface area contributed by atoms with Crippen molar-refractivity contribution in [2.75, 3.05) is 32.3 Å². The van der Waals surface area contributed by atoms with E-state index in [4.69, 9.17) is 4.74 Å². The molecule has 0 aliphatic carbocycles. The van der Waals surface area contributed by atoms with E-state index in [0.29, 0.717) is 28.0 Å². The molecule has 0 atom stereocenters. The minimum atomic E-state index is -0.213. The van der Waals surface area contributed by atoms with Crippen LogP contribution >= 0.6 is 11.8 Å². The van der Waals surface area contributed by atoms with E-state index in [1.54, 1.807) is 45.5 Å². The van der Waals surface area contributed by atoms with Gasteiger partial charge in [0.05, 0.1) is 12.9 Å². The Balaban J connectivity index is 1.55. The van der Waals surface area contributed by atoms with Gasteiger partial charge in [-0.2, -0.15) is 0 Å². The molecule has 4 rings (SSSR count). The molecule has 0 saturated carbocycles. The van der Waals surface area contributed by atoms with Crippen molar-refractivity contribution in [2.45, 2.75) is 5.16 Å². The number of rotatable bonds is 8. The molecule has 178 valence electrons.